The number of carbonyl (C=O) groups is 2. The van der Waals surface area contributed by atoms with Crippen LogP contribution in [-0.2, 0) is 19.1 Å². The van der Waals surface area contributed by atoms with Crippen molar-refractivity contribution in [2.75, 3.05) is 13.9 Å². The van der Waals surface area contributed by atoms with E-state index in [2.05, 4.69) is 0 Å². The number of rotatable bonds is 4. The van der Waals surface area contributed by atoms with Gasteiger partial charge in [0.2, 0.25) is 6.79 Å². The predicted octanol–water partition coefficient (Wildman–Crippen LogP) is 2.70. The highest BCUT2D eigenvalue weighted by Gasteiger charge is 2.21. The summed E-state index contributed by atoms with van der Waals surface area (Å²) in [6, 6.07) is 5.25. The maximum atomic E-state index is 12.0. The molecule has 0 fully saturated rings. The van der Waals surface area contributed by atoms with Crippen molar-refractivity contribution >= 4 is 18.0 Å². The Labute approximate surface area is 135 Å². The molecule has 23 heavy (non-hydrogen) atoms. The van der Waals surface area contributed by atoms with E-state index in [-0.39, 0.29) is 18.8 Å². The van der Waals surface area contributed by atoms with Gasteiger partial charge in [-0.3, -0.25) is 4.79 Å². The molecule has 0 bridgehead atoms. The number of carbonyl (C=O) groups excluding carboxylic acids is 2. The number of methoxy groups -OCH3 is 1. The quantitative estimate of drug-likeness (QED) is 0.627. The molecule has 0 radical (unpaired) electrons. The summed E-state index contributed by atoms with van der Waals surface area (Å²) < 4.78 is 20.5. The van der Waals surface area contributed by atoms with Crippen molar-refractivity contribution in [3.05, 3.63) is 29.3 Å². The first kappa shape index (κ1) is 16.9. The molecule has 0 aromatic heterocycles. The molecule has 0 aliphatic carbocycles. The SMILES string of the molecule is COC(=O)/C(=C/c1ccc2c(c1)OCO2)CC(=O)OC(C)(C)C. The van der Waals surface area contributed by atoms with Gasteiger partial charge in [-0.15, -0.1) is 0 Å². The van der Waals surface area contributed by atoms with Crippen LogP contribution in [0.3, 0.4) is 0 Å². The number of benzene rings is 1. The fraction of sp³-hybridized carbons (Fsp3) is 0.412. The van der Waals surface area contributed by atoms with E-state index < -0.39 is 17.5 Å². The lowest BCUT2D eigenvalue weighted by atomic mass is 10.1. The molecule has 0 unspecified atom stereocenters. The summed E-state index contributed by atoms with van der Waals surface area (Å²) in [5.74, 6) is 0.178. The van der Waals surface area contributed by atoms with Crippen LogP contribution in [0.4, 0.5) is 0 Å². The summed E-state index contributed by atoms with van der Waals surface area (Å²) in [6.07, 6.45) is 1.41. The third kappa shape index (κ3) is 4.74. The highest BCUT2D eigenvalue weighted by molar-refractivity contribution is 5.98. The summed E-state index contributed by atoms with van der Waals surface area (Å²) in [5.41, 5.74) is 0.302. The maximum absolute atomic E-state index is 12.0. The Hall–Kier alpha value is -2.50. The fourth-order valence-corrected chi connectivity index (χ4v) is 2.05. The highest BCUT2D eigenvalue weighted by atomic mass is 16.7. The van der Waals surface area contributed by atoms with Crippen LogP contribution < -0.4 is 9.47 Å². The Morgan fingerprint density at radius 2 is 1.91 bits per heavy atom. The van der Waals surface area contributed by atoms with Gasteiger partial charge in [0, 0.05) is 5.57 Å². The second-order valence-corrected chi connectivity index (χ2v) is 6.04. The van der Waals surface area contributed by atoms with Crippen molar-refractivity contribution in [3.8, 4) is 11.5 Å². The van der Waals surface area contributed by atoms with E-state index in [4.69, 9.17) is 18.9 Å². The molecule has 1 aliphatic rings. The Kier molecular flexibility index (Phi) is 4.93. The Morgan fingerprint density at radius 1 is 1.22 bits per heavy atom. The number of hydrogen-bond acceptors (Lipinski definition) is 6. The standard InChI is InChI=1S/C17H20O6/c1-17(2,3)23-15(18)9-12(16(19)20-4)7-11-5-6-13-14(8-11)22-10-21-13/h5-8H,9-10H2,1-4H3/b12-7+. The largest absolute Gasteiger partial charge is 0.466 e. The van der Waals surface area contributed by atoms with Crippen molar-refractivity contribution in [3.63, 3.8) is 0 Å². The molecule has 0 N–H and O–H groups in total. The van der Waals surface area contributed by atoms with Crippen LogP contribution in [0.1, 0.15) is 32.8 Å². The molecular formula is C17H20O6. The minimum Gasteiger partial charge on any atom is -0.466 e. The topological polar surface area (TPSA) is 71.1 Å². The molecule has 2 rings (SSSR count). The van der Waals surface area contributed by atoms with E-state index in [1.165, 1.54) is 7.11 Å². The Bertz CT molecular complexity index is 639. The molecule has 6 heteroatoms. The second-order valence-electron chi connectivity index (χ2n) is 6.04. The lowest BCUT2D eigenvalue weighted by Gasteiger charge is -2.19. The molecule has 0 saturated carbocycles. The van der Waals surface area contributed by atoms with Gasteiger partial charge >= 0.3 is 11.9 Å². The number of fused-ring (bicyclic) bond motifs is 1. The maximum Gasteiger partial charge on any atom is 0.334 e. The molecule has 0 amide bonds. The van der Waals surface area contributed by atoms with E-state index in [1.807, 2.05) is 0 Å². The van der Waals surface area contributed by atoms with Crippen LogP contribution >= 0.6 is 0 Å². The third-order valence-corrected chi connectivity index (χ3v) is 2.94. The van der Waals surface area contributed by atoms with Crippen LogP contribution in [0.2, 0.25) is 0 Å². The van der Waals surface area contributed by atoms with Gasteiger partial charge in [0.25, 0.3) is 0 Å². The first-order valence-corrected chi connectivity index (χ1v) is 7.19. The summed E-state index contributed by atoms with van der Waals surface area (Å²) in [5, 5.41) is 0. The van der Waals surface area contributed by atoms with Gasteiger partial charge in [-0.1, -0.05) is 6.07 Å². The van der Waals surface area contributed by atoms with Gasteiger partial charge < -0.3 is 18.9 Å². The molecule has 6 nitrogen and oxygen atoms in total. The van der Waals surface area contributed by atoms with Crippen molar-refractivity contribution in [1.82, 2.24) is 0 Å². The number of hydrogen-bond donors (Lipinski definition) is 0. The fourth-order valence-electron chi connectivity index (χ4n) is 2.05. The van der Waals surface area contributed by atoms with Crippen LogP contribution in [0.25, 0.3) is 6.08 Å². The van der Waals surface area contributed by atoms with Gasteiger partial charge in [-0.2, -0.15) is 0 Å². The predicted molar refractivity (Wildman–Crippen MR) is 83.0 cm³/mol. The zero-order chi connectivity index (χ0) is 17.0. The normalized spacial score (nSPS) is 13.7. The molecule has 1 aromatic carbocycles. The first-order valence-electron chi connectivity index (χ1n) is 7.19. The first-order chi connectivity index (χ1) is 10.8. The minimum absolute atomic E-state index is 0.168. The number of ether oxygens (including phenoxy) is 4. The van der Waals surface area contributed by atoms with E-state index in [0.717, 1.165) is 0 Å². The van der Waals surface area contributed by atoms with Crippen molar-refractivity contribution < 1.29 is 28.5 Å². The summed E-state index contributed by atoms with van der Waals surface area (Å²) in [7, 11) is 1.27. The van der Waals surface area contributed by atoms with Crippen molar-refractivity contribution in [1.29, 1.82) is 0 Å². The third-order valence-electron chi connectivity index (χ3n) is 2.94. The Morgan fingerprint density at radius 3 is 2.57 bits per heavy atom. The van der Waals surface area contributed by atoms with Crippen molar-refractivity contribution in [2.45, 2.75) is 32.8 Å². The smallest absolute Gasteiger partial charge is 0.334 e. The van der Waals surface area contributed by atoms with Gasteiger partial charge in [0.05, 0.1) is 13.5 Å². The van der Waals surface area contributed by atoms with Crippen LogP contribution in [-0.4, -0.2) is 31.4 Å². The number of esters is 2. The lowest BCUT2D eigenvalue weighted by molar-refractivity contribution is -0.155. The molecule has 1 aromatic rings. The summed E-state index contributed by atoms with van der Waals surface area (Å²) >= 11 is 0. The average molecular weight is 320 g/mol. The van der Waals surface area contributed by atoms with Crippen molar-refractivity contribution in [2.24, 2.45) is 0 Å². The van der Waals surface area contributed by atoms with Crippen LogP contribution in [0, 0.1) is 0 Å². The lowest BCUT2D eigenvalue weighted by Crippen LogP contribution is -2.24. The highest BCUT2D eigenvalue weighted by Crippen LogP contribution is 2.33. The van der Waals surface area contributed by atoms with E-state index in [9.17, 15) is 9.59 Å². The molecule has 0 atom stereocenters. The summed E-state index contributed by atoms with van der Waals surface area (Å²) in [6.45, 7) is 5.48. The van der Waals surface area contributed by atoms with E-state index in [1.54, 1.807) is 45.0 Å². The molecule has 124 valence electrons. The zero-order valence-electron chi connectivity index (χ0n) is 13.7. The van der Waals surface area contributed by atoms with Gasteiger partial charge in [-0.05, 0) is 44.5 Å². The molecule has 0 spiro atoms. The average Bonchev–Trinajstić information content (AvgIpc) is 2.91. The molecular weight excluding hydrogens is 300 g/mol. The van der Waals surface area contributed by atoms with Gasteiger partial charge in [-0.25, -0.2) is 4.79 Å². The van der Waals surface area contributed by atoms with Crippen LogP contribution in [0.5, 0.6) is 11.5 Å². The summed E-state index contributed by atoms with van der Waals surface area (Å²) in [4.78, 5) is 23.8. The van der Waals surface area contributed by atoms with Gasteiger partial charge in [0.15, 0.2) is 11.5 Å². The zero-order valence-corrected chi connectivity index (χ0v) is 13.7. The van der Waals surface area contributed by atoms with Crippen LogP contribution in [0.15, 0.2) is 23.8 Å². The molecule has 1 aliphatic heterocycles. The monoisotopic (exact) mass is 320 g/mol. The van der Waals surface area contributed by atoms with Gasteiger partial charge in [0.1, 0.15) is 5.60 Å². The molecule has 1 heterocycles. The van der Waals surface area contributed by atoms with E-state index >= 15 is 0 Å². The Balaban J connectivity index is 2.21. The molecule has 0 saturated heterocycles. The minimum atomic E-state index is -0.614. The second kappa shape index (κ2) is 6.73. The van der Waals surface area contributed by atoms with E-state index in [0.29, 0.717) is 17.1 Å².